The Morgan fingerprint density at radius 3 is 2.30 bits per heavy atom. The van der Waals surface area contributed by atoms with E-state index in [0.717, 1.165) is 32.1 Å². The van der Waals surface area contributed by atoms with Crippen LogP contribution in [0.4, 0.5) is 14.5 Å². The first-order valence-electron chi connectivity index (χ1n) is 8.54. The molecule has 0 bridgehead atoms. The van der Waals surface area contributed by atoms with E-state index in [0.29, 0.717) is 19.2 Å². The molecule has 2 aromatic carbocycles. The van der Waals surface area contributed by atoms with Crippen molar-refractivity contribution in [1.29, 1.82) is 0 Å². The normalized spacial score (nSPS) is 15.7. The summed E-state index contributed by atoms with van der Waals surface area (Å²) in [6.45, 7) is 3.43. The minimum Gasteiger partial charge on any atom is -0.368 e. The van der Waals surface area contributed by atoms with Crippen LogP contribution in [0.2, 0.25) is 0 Å². The van der Waals surface area contributed by atoms with Gasteiger partial charge in [0.2, 0.25) is 0 Å². The number of nitrogens with zero attached hydrogens (tertiary/aromatic N) is 2. The highest BCUT2D eigenvalue weighted by Gasteiger charge is 2.22. The highest BCUT2D eigenvalue weighted by molar-refractivity contribution is 7.84. The fourth-order valence-electron chi connectivity index (χ4n) is 3.09. The lowest BCUT2D eigenvalue weighted by molar-refractivity contribution is 0.260. The number of nitrogens with two attached hydrogens (primary N) is 1. The fraction of sp³-hybridized carbons (Fsp3) is 0.333. The molecule has 0 atom stereocenters. The summed E-state index contributed by atoms with van der Waals surface area (Å²) in [5.41, 5.74) is 1.34. The Balaban J connectivity index is 1.60. The van der Waals surface area contributed by atoms with Crippen LogP contribution in [0.1, 0.15) is 5.56 Å². The first-order valence-corrected chi connectivity index (χ1v) is 10.0. The van der Waals surface area contributed by atoms with Gasteiger partial charge in [-0.1, -0.05) is 30.3 Å². The van der Waals surface area contributed by atoms with Crippen molar-refractivity contribution in [3.63, 3.8) is 0 Å². The Kier molecular flexibility index (Phi) is 5.93. The highest BCUT2D eigenvalue weighted by atomic mass is 32.2. The minimum absolute atomic E-state index is 0.0805. The van der Waals surface area contributed by atoms with E-state index in [4.69, 9.17) is 5.14 Å². The van der Waals surface area contributed by atoms with Crippen LogP contribution in [-0.4, -0.2) is 46.0 Å². The lowest BCUT2D eigenvalue weighted by Crippen LogP contribution is -2.47. The first-order chi connectivity index (χ1) is 12.8. The van der Waals surface area contributed by atoms with E-state index in [9.17, 15) is 17.2 Å². The van der Waals surface area contributed by atoms with Crippen molar-refractivity contribution < 1.29 is 21.4 Å². The van der Waals surface area contributed by atoms with Crippen molar-refractivity contribution in [3.05, 3.63) is 59.7 Å². The van der Waals surface area contributed by atoms with Crippen LogP contribution in [0.15, 0.2) is 42.5 Å². The second-order valence-electron chi connectivity index (χ2n) is 6.37. The molecule has 2 aromatic rings. The summed E-state index contributed by atoms with van der Waals surface area (Å²) in [4.78, 5) is 4.01. The van der Waals surface area contributed by atoms with E-state index in [1.807, 2.05) is 18.2 Å². The maximum absolute atomic E-state index is 14.3. The van der Waals surface area contributed by atoms with Crippen LogP contribution >= 0.6 is 0 Å². The Bertz CT molecular complexity index is 886. The minimum atomic E-state index is -4.42. The third-order valence-corrected chi connectivity index (χ3v) is 4.89. The third kappa shape index (κ3) is 5.38. The Morgan fingerprint density at radius 1 is 1.00 bits per heavy atom. The maximum atomic E-state index is 14.3. The van der Waals surface area contributed by atoms with Gasteiger partial charge in [0, 0.05) is 44.9 Å². The molecular formula is C18H21F2N3O3S. The number of benzene rings is 2. The van der Waals surface area contributed by atoms with Crippen LogP contribution in [0.5, 0.6) is 5.75 Å². The maximum Gasteiger partial charge on any atom is 0.380 e. The number of rotatable bonds is 6. The van der Waals surface area contributed by atoms with Crippen molar-refractivity contribution in [1.82, 2.24) is 4.90 Å². The van der Waals surface area contributed by atoms with Crippen LogP contribution in [-0.2, 0) is 16.7 Å². The zero-order valence-corrected chi connectivity index (χ0v) is 15.5. The molecule has 1 aliphatic heterocycles. The van der Waals surface area contributed by atoms with E-state index in [2.05, 4.69) is 21.2 Å². The molecule has 6 nitrogen and oxygen atoms in total. The standard InChI is InChI=1S/C18H21F2N3O3S/c19-15-13-18(26-27(21,24)25)16(20)12-17(15)23-10-8-22(9-11-23)7-6-14-4-2-1-3-5-14/h1-5,12-13H,6-11H2,(H2,21,24,25). The third-order valence-electron chi connectivity index (χ3n) is 4.48. The summed E-state index contributed by atoms with van der Waals surface area (Å²) >= 11 is 0. The van der Waals surface area contributed by atoms with Gasteiger partial charge in [-0.25, -0.2) is 8.78 Å². The molecule has 0 spiro atoms. The molecule has 9 heteroatoms. The van der Waals surface area contributed by atoms with E-state index < -0.39 is 27.7 Å². The molecule has 2 N–H and O–H groups in total. The molecule has 1 fully saturated rings. The molecule has 0 radical (unpaired) electrons. The van der Waals surface area contributed by atoms with Gasteiger partial charge in [-0.15, -0.1) is 0 Å². The van der Waals surface area contributed by atoms with Gasteiger partial charge in [-0.05, 0) is 12.0 Å². The van der Waals surface area contributed by atoms with Crippen LogP contribution in [0.25, 0.3) is 0 Å². The average molecular weight is 397 g/mol. The summed E-state index contributed by atoms with van der Waals surface area (Å²) in [5, 5.41) is 4.70. The quantitative estimate of drug-likeness (QED) is 0.806. The number of hydrogen-bond acceptors (Lipinski definition) is 5. The molecule has 0 saturated carbocycles. The van der Waals surface area contributed by atoms with E-state index in [-0.39, 0.29) is 5.69 Å². The van der Waals surface area contributed by atoms with Gasteiger partial charge in [0.1, 0.15) is 5.82 Å². The van der Waals surface area contributed by atoms with Gasteiger partial charge >= 0.3 is 10.3 Å². The summed E-state index contributed by atoms with van der Waals surface area (Å²) in [7, 11) is -4.42. The van der Waals surface area contributed by atoms with Crippen molar-refractivity contribution in [2.45, 2.75) is 6.42 Å². The monoisotopic (exact) mass is 397 g/mol. The Labute approximate surface area is 157 Å². The fourth-order valence-corrected chi connectivity index (χ4v) is 3.47. The molecule has 0 aromatic heterocycles. The molecule has 27 heavy (non-hydrogen) atoms. The number of piperazine rings is 1. The van der Waals surface area contributed by atoms with Crippen molar-refractivity contribution in [3.8, 4) is 5.75 Å². The summed E-state index contributed by atoms with van der Waals surface area (Å²) in [6, 6.07) is 11.8. The summed E-state index contributed by atoms with van der Waals surface area (Å²) in [5.74, 6) is -2.49. The number of halogens is 2. The molecule has 0 unspecified atom stereocenters. The molecule has 0 aliphatic carbocycles. The largest absolute Gasteiger partial charge is 0.380 e. The van der Waals surface area contributed by atoms with Gasteiger partial charge in [0.15, 0.2) is 11.6 Å². The SMILES string of the molecule is NS(=O)(=O)Oc1cc(F)c(N2CCN(CCc3ccccc3)CC2)cc1F. The average Bonchev–Trinajstić information content (AvgIpc) is 2.63. The van der Waals surface area contributed by atoms with Crippen LogP contribution < -0.4 is 14.2 Å². The van der Waals surface area contributed by atoms with Crippen LogP contribution in [0, 0.1) is 11.6 Å². The van der Waals surface area contributed by atoms with E-state index >= 15 is 0 Å². The number of anilines is 1. The zero-order valence-electron chi connectivity index (χ0n) is 14.6. The summed E-state index contributed by atoms with van der Waals surface area (Å²) < 4.78 is 54.4. The zero-order chi connectivity index (χ0) is 19.4. The van der Waals surface area contributed by atoms with Gasteiger partial charge in [0.05, 0.1) is 5.69 Å². The molecule has 1 aliphatic rings. The van der Waals surface area contributed by atoms with Crippen molar-refractivity contribution in [2.24, 2.45) is 5.14 Å². The van der Waals surface area contributed by atoms with Crippen molar-refractivity contribution >= 4 is 16.0 Å². The second-order valence-corrected chi connectivity index (χ2v) is 7.53. The topological polar surface area (TPSA) is 75.9 Å². The summed E-state index contributed by atoms with van der Waals surface area (Å²) in [6.07, 6.45) is 0.934. The highest BCUT2D eigenvalue weighted by Crippen LogP contribution is 2.29. The van der Waals surface area contributed by atoms with Crippen molar-refractivity contribution in [2.75, 3.05) is 37.6 Å². The number of hydrogen-bond donors (Lipinski definition) is 1. The molecule has 3 rings (SSSR count). The molecule has 1 heterocycles. The Hall–Kier alpha value is -2.23. The second kappa shape index (κ2) is 8.20. The van der Waals surface area contributed by atoms with E-state index in [1.54, 1.807) is 4.90 Å². The predicted octanol–water partition coefficient (Wildman–Crippen LogP) is 1.91. The molecule has 1 saturated heterocycles. The first kappa shape index (κ1) is 19.5. The molecule has 0 amide bonds. The smallest absolute Gasteiger partial charge is 0.368 e. The molecular weight excluding hydrogens is 376 g/mol. The lowest BCUT2D eigenvalue weighted by atomic mass is 10.1. The predicted molar refractivity (Wildman–Crippen MR) is 98.9 cm³/mol. The van der Waals surface area contributed by atoms with E-state index in [1.165, 1.54) is 5.56 Å². The van der Waals surface area contributed by atoms with Gasteiger partial charge < -0.3 is 9.08 Å². The molecule has 146 valence electrons. The Morgan fingerprint density at radius 2 is 1.67 bits per heavy atom. The van der Waals surface area contributed by atoms with Gasteiger partial charge in [-0.3, -0.25) is 4.90 Å². The lowest BCUT2D eigenvalue weighted by Gasteiger charge is -2.36. The van der Waals surface area contributed by atoms with Gasteiger partial charge in [0.25, 0.3) is 0 Å². The van der Waals surface area contributed by atoms with Gasteiger partial charge in [-0.2, -0.15) is 13.6 Å². The van der Waals surface area contributed by atoms with Crippen LogP contribution in [0.3, 0.4) is 0 Å².